The Morgan fingerprint density at radius 3 is 2.38 bits per heavy atom. The number of halogens is 1. The summed E-state index contributed by atoms with van der Waals surface area (Å²) < 4.78 is 2.48. The minimum atomic E-state index is 0.145. The molecule has 0 aliphatic rings. The normalized spacial score (nSPS) is 11.5. The molecule has 4 rings (SSSR count). The Labute approximate surface area is 176 Å². The van der Waals surface area contributed by atoms with Crippen LogP contribution in [0.15, 0.2) is 99.6 Å². The van der Waals surface area contributed by atoms with Crippen molar-refractivity contribution in [3.8, 4) is 17.0 Å². The molecule has 0 aliphatic carbocycles. The Kier molecular flexibility index (Phi) is 5.63. The SMILES string of the molecule is Oc1ccc(Br)cc1C=Nc1nc(-c2ccccc2)cn1/N=C/c1ccccc1. The van der Waals surface area contributed by atoms with Crippen molar-refractivity contribution in [1.29, 1.82) is 0 Å². The van der Waals surface area contributed by atoms with Crippen molar-refractivity contribution in [3.05, 3.63) is 101 Å². The van der Waals surface area contributed by atoms with Gasteiger partial charge in [-0.25, -0.2) is 14.7 Å². The Balaban J connectivity index is 1.72. The first-order valence-corrected chi connectivity index (χ1v) is 9.75. The second-order valence-electron chi connectivity index (χ2n) is 6.25. The van der Waals surface area contributed by atoms with E-state index in [9.17, 15) is 5.11 Å². The Morgan fingerprint density at radius 2 is 1.62 bits per heavy atom. The molecule has 1 N–H and O–H groups in total. The third-order valence-electron chi connectivity index (χ3n) is 4.18. The number of aromatic nitrogens is 2. The topological polar surface area (TPSA) is 62.8 Å². The van der Waals surface area contributed by atoms with Crippen LogP contribution in [0.3, 0.4) is 0 Å². The van der Waals surface area contributed by atoms with Crippen molar-refractivity contribution in [2.75, 3.05) is 0 Å². The number of phenols is 1. The summed E-state index contributed by atoms with van der Waals surface area (Å²) in [5, 5.41) is 14.6. The molecule has 0 radical (unpaired) electrons. The molecule has 0 amide bonds. The van der Waals surface area contributed by atoms with Gasteiger partial charge in [-0.3, -0.25) is 0 Å². The molecule has 142 valence electrons. The molecule has 0 spiro atoms. The molecule has 0 saturated carbocycles. The summed E-state index contributed by atoms with van der Waals surface area (Å²) >= 11 is 3.41. The molecule has 0 aliphatic heterocycles. The highest BCUT2D eigenvalue weighted by Crippen LogP contribution is 2.24. The summed E-state index contributed by atoms with van der Waals surface area (Å²) in [6.07, 6.45) is 5.17. The maximum absolute atomic E-state index is 10.0. The average molecular weight is 445 g/mol. The van der Waals surface area contributed by atoms with Gasteiger partial charge in [0.1, 0.15) is 5.75 Å². The molecule has 5 nitrogen and oxygen atoms in total. The van der Waals surface area contributed by atoms with Gasteiger partial charge in [0.05, 0.1) is 18.1 Å². The van der Waals surface area contributed by atoms with E-state index < -0.39 is 0 Å². The van der Waals surface area contributed by atoms with Crippen LogP contribution in [0.1, 0.15) is 11.1 Å². The largest absolute Gasteiger partial charge is 0.507 e. The van der Waals surface area contributed by atoms with Crippen molar-refractivity contribution in [1.82, 2.24) is 9.66 Å². The molecule has 0 unspecified atom stereocenters. The number of phenolic OH excluding ortho intramolecular Hbond substituents is 1. The number of aliphatic imine (C=N–C) groups is 1. The van der Waals surface area contributed by atoms with Crippen molar-refractivity contribution >= 4 is 34.3 Å². The zero-order valence-corrected chi connectivity index (χ0v) is 16.9. The Hall–Kier alpha value is -3.51. The maximum Gasteiger partial charge on any atom is 0.251 e. The van der Waals surface area contributed by atoms with Crippen LogP contribution in [0.25, 0.3) is 11.3 Å². The lowest BCUT2D eigenvalue weighted by molar-refractivity contribution is 0.474. The number of hydrogen-bond acceptors (Lipinski definition) is 4. The summed E-state index contributed by atoms with van der Waals surface area (Å²) in [6, 6.07) is 24.9. The Morgan fingerprint density at radius 1 is 0.897 bits per heavy atom. The first-order chi connectivity index (χ1) is 14.2. The van der Waals surface area contributed by atoms with Crippen LogP contribution in [0.4, 0.5) is 5.95 Å². The standard InChI is InChI=1S/C23H17BrN4O/c24-20-11-12-22(29)19(13-20)15-25-23-27-21(18-9-5-2-6-10-18)16-28(23)26-14-17-7-3-1-4-8-17/h1-16,29H/b25-15?,26-14+. The van der Waals surface area contributed by atoms with E-state index in [2.05, 4.69) is 31.0 Å². The molecular formula is C23H17BrN4O. The molecule has 29 heavy (non-hydrogen) atoms. The molecule has 1 heterocycles. The van der Waals surface area contributed by atoms with Crippen LogP contribution >= 0.6 is 15.9 Å². The molecule has 0 bridgehead atoms. The lowest BCUT2D eigenvalue weighted by Gasteiger charge is -1.99. The minimum absolute atomic E-state index is 0.145. The third kappa shape index (κ3) is 4.67. The lowest BCUT2D eigenvalue weighted by atomic mass is 10.2. The van der Waals surface area contributed by atoms with Crippen molar-refractivity contribution in [3.63, 3.8) is 0 Å². The second kappa shape index (κ2) is 8.67. The predicted molar refractivity (Wildman–Crippen MR) is 120 cm³/mol. The van der Waals surface area contributed by atoms with Gasteiger partial charge in [0.25, 0.3) is 5.95 Å². The quantitative estimate of drug-likeness (QED) is 0.404. The molecule has 0 atom stereocenters. The van der Waals surface area contributed by atoms with E-state index in [0.717, 1.165) is 21.3 Å². The fourth-order valence-electron chi connectivity index (χ4n) is 2.71. The van der Waals surface area contributed by atoms with Crippen LogP contribution in [0, 0.1) is 0 Å². The van der Waals surface area contributed by atoms with Gasteiger partial charge in [0, 0.05) is 21.8 Å². The van der Waals surface area contributed by atoms with E-state index >= 15 is 0 Å². The number of nitrogens with zero attached hydrogens (tertiary/aromatic N) is 4. The van der Waals surface area contributed by atoms with Gasteiger partial charge in [-0.2, -0.15) is 5.10 Å². The van der Waals surface area contributed by atoms with Crippen LogP contribution in [-0.2, 0) is 0 Å². The highest BCUT2D eigenvalue weighted by atomic mass is 79.9. The fourth-order valence-corrected chi connectivity index (χ4v) is 3.09. The summed E-state index contributed by atoms with van der Waals surface area (Å²) in [5.41, 5.74) is 3.30. The van der Waals surface area contributed by atoms with E-state index in [1.54, 1.807) is 35.3 Å². The summed E-state index contributed by atoms with van der Waals surface area (Å²) in [4.78, 5) is 9.09. The zero-order valence-electron chi connectivity index (χ0n) is 15.4. The maximum atomic E-state index is 10.0. The van der Waals surface area contributed by atoms with Crippen LogP contribution in [-0.4, -0.2) is 27.2 Å². The molecule has 4 aromatic rings. The number of imidazole rings is 1. The van der Waals surface area contributed by atoms with Crippen molar-refractivity contribution in [2.24, 2.45) is 10.1 Å². The van der Waals surface area contributed by atoms with Gasteiger partial charge in [-0.1, -0.05) is 76.6 Å². The van der Waals surface area contributed by atoms with Crippen molar-refractivity contribution in [2.45, 2.75) is 0 Å². The number of hydrogen-bond donors (Lipinski definition) is 1. The monoisotopic (exact) mass is 444 g/mol. The molecule has 3 aromatic carbocycles. The molecule has 6 heteroatoms. The molecule has 1 aromatic heterocycles. The van der Waals surface area contributed by atoms with Crippen molar-refractivity contribution < 1.29 is 5.11 Å². The smallest absolute Gasteiger partial charge is 0.251 e. The number of rotatable bonds is 5. The van der Waals surface area contributed by atoms with Gasteiger partial charge in [-0.15, -0.1) is 0 Å². The minimum Gasteiger partial charge on any atom is -0.507 e. The van der Waals surface area contributed by atoms with E-state index in [1.165, 1.54) is 0 Å². The van der Waals surface area contributed by atoms with Crippen LogP contribution < -0.4 is 0 Å². The van der Waals surface area contributed by atoms with Crippen LogP contribution in [0.2, 0.25) is 0 Å². The third-order valence-corrected chi connectivity index (χ3v) is 4.67. The van der Waals surface area contributed by atoms with Crippen LogP contribution in [0.5, 0.6) is 5.75 Å². The Bertz CT molecular complexity index is 1170. The summed E-state index contributed by atoms with van der Waals surface area (Å²) in [7, 11) is 0. The molecular weight excluding hydrogens is 428 g/mol. The fraction of sp³-hybridized carbons (Fsp3) is 0. The van der Waals surface area contributed by atoms with E-state index in [1.807, 2.05) is 66.9 Å². The number of aromatic hydroxyl groups is 1. The molecule has 0 saturated heterocycles. The average Bonchev–Trinajstić information content (AvgIpc) is 3.17. The second-order valence-corrected chi connectivity index (χ2v) is 7.17. The van der Waals surface area contributed by atoms with Gasteiger partial charge < -0.3 is 5.11 Å². The molecule has 0 fully saturated rings. The van der Waals surface area contributed by atoms with Gasteiger partial charge in [-0.05, 0) is 23.8 Å². The van der Waals surface area contributed by atoms with Gasteiger partial charge in [0.15, 0.2) is 0 Å². The zero-order chi connectivity index (χ0) is 20.1. The summed E-state index contributed by atoms with van der Waals surface area (Å²) in [5.74, 6) is 0.557. The first kappa shape index (κ1) is 18.8. The summed E-state index contributed by atoms with van der Waals surface area (Å²) in [6.45, 7) is 0. The van der Waals surface area contributed by atoms with Gasteiger partial charge >= 0.3 is 0 Å². The van der Waals surface area contributed by atoms with E-state index in [-0.39, 0.29) is 5.75 Å². The first-order valence-electron chi connectivity index (χ1n) is 8.96. The van der Waals surface area contributed by atoms with E-state index in [0.29, 0.717) is 11.5 Å². The highest BCUT2D eigenvalue weighted by molar-refractivity contribution is 9.10. The predicted octanol–water partition coefficient (Wildman–Crippen LogP) is 5.65. The number of benzene rings is 3. The highest BCUT2D eigenvalue weighted by Gasteiger charge is 2.08. The van der Waals surface area contributed by atoms with E-state index in [4.69, 9.17) is 0 Å². The lowest BCUT2D eigenvalue weighted by Crippen LogP contribution is -1.90. The van der Waals surface area contributed by atoms with Gasteiger partial charge in [0.2, 0.25) is 0 Å².